The zero-order valence-electron chi connectivity index (χ0n) is 45.7. The Labute approximate surface area is 492 Å². The highest BCUT2D eigenvalue weighted by atomic mass is 32.1. The van der Waals surface area contributed by atoms with Gasteiger partial charge in [-0.2, -0.15) is 0 Å². The fraction of sp³-hybridized carbons (Fsp3) is 0.0250. The van der Waals surface area contributed by atoms with Gasteiger partial charge in [0.1, 0.15) is 11.5 Å². The number of rotatable bonds is 9. The number of ether oxygens (including phenoxy) is 1. The summed E-state index contributed by atoms with van der Waals surface area (Å²) >= 11 is 1.85. The Bertz CT molecular complexity index is 4760. The summed E-state index contributed by atoms with van der Waals surface area (Å²) in [6, 6.07) is 116. The molecule has 0 atom stereocenters. The van der Waals surface area contributed by atoms with Gasteiger partial charge in [-0.25, -0.2) is 0 Å². The molecule has 0 N–H and O–H groups in total. The summed E-state index contributed by atoms with van der Waals surface area (Å²) in [4.78, 5) is 4.94. The summed E-state index contributed by atoms with van der Waals surface area (Å²) in [5.41, 5.74) is 21.9. The second kappa shape index (κ2) is 19.0. The quantitative estimate of drug-likeness (QED) is 0.143. The maximum Gasteiger partial charge on any atom is 0.140 e. The van der Waals surface area contributed by atoms with Gasteiger partial charge >= 0.3 is 0 Å². The van der Waals surface area contributed by atoms with Crippen molar-refractivity contribution in [3.05, 3.63) is 360 Å². The maximum atomic E-state index is 7.41. The SMILES string of the molecule is c1ccc(-c2cc(N(c3ccc4c(c3)-c3ccccc3C4(c3ccccc3)c3ccccc3)c3ccc4sc5cccc(N(c6ccccc6)c6ccccc6)c5c4c3)cc3c2Oc2ccccc2C32c3ccccc3-c3ccccc32)cc1. The third-order valence-corrected chi connectivity index (χ3v) is 19.1. The van der Waals surface area contributed by atoms with E-state index < -0.39 is 10.8 Å². The lowest BCUT2D eigenvalue weighted by Gasteiger charge is -2.41. The normalized spacial score (nSPS) is 13.5. The molecule has 13 aromatic carbocycles. The highest BCUT2D eigenvalue weighted by Gasteiger charge is 2.52. The highest BCUT2D eigenvalue weighted by molar-refractivity contribution is 7.26. The summed E-state index contributed by atoms with van der Waals surface area (Å²) in [5.74, 6) is 1.72. The Hall–Kier alpha value is -10.5. The topological polar surface area (TPSA) is 15.7 Å². The zero-order valence-corrected chi connectivity index (χ0v) is 46.5. The minimum atomic E-state index is -0.717. The minimum Gasteiger partial charge on any atom is -0.456 e. The molecule has 1 spiro atoms. The maximum absolute atomic E-state index is 7.41. The van der Waals surface area contributed by atoms with E-state index in [-0.39, 0.29) is 0 Å². The van der Waals surface area contributed by atoms with E-state index in [1.807, 2.05) is 11.3 Å². The third kappa shape index (κ3) is 6.98. The molecule has 17 rings (SSSR count). The molecular weight excluding hydrogens is 1040 g/mol. The molecule has 0 bridgehead atoms. The molecule has 0 fully saturated rings. The van der Waals surface area contributed by atoms with E-state index in [1.165, 1.54) is 75.8 Å². The molecule has 3 aliphatic rings. The van der Waals surface area contributed by atoms with Crippen molar-refractivity contribution >= 4 is 65.6 Å². The third-order valence-electron chi connectivity index (χ3n) is 18.0. The molecule has 0 saturated heterocycles. The van der Waals surface area contributed by atoms with E-state index in [9.17, 15) is 0 Å². The zero-order chi connectivity index (χ0) is 55.3. The van der Waals surface area contributed by atoms with Crippen LogP contribution >= 0.6 is 11.3 Å². The van der Waals surface area contributed by atoms with Crippen LogP contribution in [0.5, 0.6) is 11.5 Å². The molecule has 4 heteroatoms. The molecule has 0 radical (unpaired) electrons. The van der Waals surface area contributed by atoms with Gasteiger partial charge in [0.05, 0.1) is 16.5 Å². The van der Waals surface area contributed by atoms with Gasteiger partial charge in [-0.15, -0.1) is 11.3 Å². The van der Waals surface area contributed by atoms with Crippen LogP contribution in [0.2, 0.25) is 0 Å². The largest absolute Gasteiger partial charge is 0.456 e. The predicted octanol–water partition coefficient (Wildman–Crippen LogP) is 21.5. The van der Waals surface area contributed by atoms with E-state index in [4.69, 9.17) is 4.74 Å². The minimum absolute atomic E-state index is 0.557. The average Bonchev–Trinajstić information content (AvgIpc) is 1.92. The molecule has 2 aliphatic carbocycles. The van der Waals surface area contributed by atoms with Crippen molar-refractivity contribution in [2.24, 2.45) is 0 Å². The molecule has 0 unspecified atom stereocenters. The monoisotopic (exact) mass is 1090 g/mol. The Morgan fingerprint density at radius 1 is 0.286 bits per heavy atom. The second-order valence-corrected chi connectivity index (χ2v) is 23.3. The molecule has 14 aromatic rings. The van der Waals surface area contributed by atoms with Crippen LogP contribution in [-0.4, -0.2) is 0 Å². The molecule has 1 aromatic heterocycles. The first-order valence-electron chi connectivity index (χ1n) is 28.9. The standard InChI is InChI=1S/C80H52N2OS/c1-6-25-53(26-7-1)64-51-60(52-72-78(64)83-74-43-23-22-41-71(74)80(72)68-39-20-16-35-61(68)62-36-17-21-40-69(62)80)81(58-45-47-70-65(49-58)63-37-18-19-38-67(63)79(70,54-27-8-2-9-28-54)55-29-10-3-11-30-55)59-46-48-75-66(50-59)77-73(42-24-44-76(77)84-75)82(56-31-12-4-13-32-56)57-33-14-5-15-34-57/h1-52H. The summed E-state index contributed by atoms with van der Waals surface area (Å²) in [6.45, 7) is 0. The summed E-state index contributed by atoms with van der Waals surface area (Å²) in [7, 11) is 0. The van der Waals surface area contributed by atoms with Crippen LogP contribution < -0.4 is 14.5 Å². The van der Waals surface area contributed by atoms with Gasteiger partial charge in [0, 0.05) is 65.3 Å². The number of hydrogen-bond acceptors (Lipinski definition) is 4. The smallest absolute Gasteiger partial charge is 0.140 e. The van der Waals surface area contributed by atoms with Crippen LogP contribution in [0.3, 0.4) is 0 Å². The number of fused-ring (bicyclic) bond motifs is 15. The Morgan fingerprint density at radius 3 is 1.40 bits per heavy atom. The van der Waals surface area contributed by atoms with Crippen LogP contribution in [0.4, 0.5) is 34.1 Å². The number of benzene rings is 13. The second-order valence-electron chi connectivity index (χ2n) is 22.2. The fourth-order valence-electron chi connectivity index (χ4n) is 14.6. The van der Waals surface area contributed by atoms with Crippen molar-refractivity contribution in [3.8, 4) is 44.9 Å². The number of hydrogen-bond donors (Lipinski definition) is 0. The number of nitrogens with zero attached hydrogens (tertiary/aromatic N) is 2. The van der Waals surface area contributed by atoms with Crippen LogP contribution in [0.25, 0.3) is 53.6 Å². The lowest BCUT2D eigenvalue weighted by Crippen LogP contribution is -2.32. The van der Waals surface area contributed by atoms with E-state index in [0.29, 0.717) is 0 Å². The molecule has 0 saturated carbocycles. The van der Waals surface area contributed by atoms with Gasteiger partial charge in [-0.3, -0.25) is 0 Å². The molecule has 2 heterocycles. The number of thiophene rings is 1. The Morgan fingerprint density at radius 2 is 0.774 bits per heavy atom. The van der Waals surface area contributed by atoms with Gasteiger partial charge in [-0.05, 0) is 146 Å². The van der Waals surface area contributed by atoms with Crippen molar-refractivity contribution in [2.75, 3.05) is 9.80 Å². The van der Waals surface area contributed by atoms with E-state index in [2.05, 4.69) is 325 Å². The first-order valence-corrected chi connectivity index (χ1v) is 29.7. The lowest BCUT2D eigenvalue weighted by molar-refractivity contribution is 0.438. The molecule has 0 amide bonds. The Kier molecular flexibility index (Phi) is 10.9. The molecule has 394 valence electrons. The van der Waals surface area contributed by atoms with Crippen molar-refractivity contribution in [2.45, 2.75) is 10.8 Å². The number of para-hydroxylation sites is 3. The molecule has 3 nitrogen and oxygen atoms in total. The van der Waals surface area contributed by atoms with Crippen LogP contribution in [0.1, 0.15) is 44.5 Å². The van der Waals surface area contributed by atoms with Gasteiger partial charge in [-0.1, -0.05) is 231 Å². The first kappa shape index (κ1) is 48.2. The summed E-state index contributed by atoms with van der Waals surface area (Å²) in [5, 5.41) is 2.40. The van der Waals surface area contributed by atoms with Crippen LogP contribution in [0.15, 0.2) is 315 Å². The van der Waals surface area contributed by atoms with Crippen molar-refractivity contribution in [1.82, 2.24) is 0 Å². The predicted molar refractivity (Wildman–Crippen MR) is 349 cm³/mol. The first-order chi connectivity index (χ1) is 41.7. The highest BCUT2D eigenvalue weighted by Crippen LogP contribution is 2.65. The van der Waals surface area contributed by atoms with Crippen molar-refractivity contribution < 1.29 is 4.74 Å². The van der Waals surface area contributed by atoms with E-state index in [0.717, 1.165) is 67.9 Å². The van der Waals surface area contributed by atoms with Gasteiger partial charge < -0.3 is 14.5 Å². The van der Waals surface area contributed by atoms with Crippen molar-refractivity contribution in [3.63, 3.8) is 0 Å². The van der Waals surface area contributed by atoms with Crippen LogP contribution in [0, 0.1) is 0 Å². The van der Waals surface area contributed by atoms with Gasteiger partial charge in [0.25, 0.3) is 0 Å². The molecule has 84 heavy (non-hydrogen) atoms. The summed E-state index contributed by atoms with van der Waals surface area (Å²) in [6.07, 6.45) is 0. The fourth-order valence-corrected chi connectivity index (χ4v) is 15.7. The van der Waals surface area contributed by atoms with Gasteiger partial charge in [0.2, 0.25) is 0 Å². The van der Waals surface area contributed by atoms with Crippen LogP contribution in [-0.2, 0) is 10.8 Å². The lowest BCUT2D eigenvalue weighted by atomic mass is 9.65. The van der Waals surface area contributed by atoms with E-state index in [1.54, 1.807) is 0 Å². The Balaban J connectivity index is 0.977. The van der Waals surface area contributed by atoms with Crippen molar-refractivity contribution in [1.29, 1.82) is 0 Å². The average molecular weight is 1090 g/mol. The molecule has 1 aliphatic heterocycles. The molecular formula is C80H52N2OS. The van der Waals surface area contributed by atoms with E-state index >= 15 is 0 Å². The summed E-state index contributed by atoms with van der Waals surface area (Å²) < 4.78 is 9.86. The number of anilines is 6. The van der Waals surface area contributed by atoms with Gasteiger partial charge in [0.15, 0.2) is 0 Å².